The number of nitrogens with two attached hydrogens (primary N) is 1. The van der Waals surface area contributed by atoms with Crippen molar-refractivity contribution in [3.05, 3.63) is 22.4 Å². The molecule has 0 saturated heterocycles. The summed E-state index contributed by atoms with van der Waals surface area (Å²) in [7, 11) is 0. The second-order valence-corrected chi connectivity index (χ2v) is 6.15. The summed E-state index contributed by atoms with van der Waals surface area (Å²) in [4.78, 5) is 4.32. The molecule has 2 aromatic rings. The molecule has 110 valence electrons. The van der Waals surface area contributed by atoms with Gasteiger partial charge in [-0.25, -0.2) is 9.37 Å². The van der Waals surface area contributed by atoms with Crippen molar-refractivity contribution in [1.82, 2.24) is 9.55 Å². The van der Waals surface area contributed by atoms with E-state index in [1.54, 1.807) is 6.07 Å². The van der Waals surface area contributed by atoms with Crippen molar-refractivity contribution in [2.24, 2.45) is 0 Å². The van der Waals surface area contributed by atoms with E-state index in [4.69, 9.17) is 5.73 Å². The summed E-state index contributed by atoms with van der Waals surface area (Å²) in [6.07, 6.45) is 5.91. The number of imidazole rings is 1. The average molecular weight is 342 g/mol. The zero-order valence-electron chi connectivity index (χ0n) is 12.0. The van der Waals surface area contributed by atoms with Crippen molar-refractivity contribution >= 4 is 32.9 Å². The predicted molar refractivity (Wildman–Crippen MR) is 85.3 cm³/mol. The summed E-state index contributed by atoms with van der Waals surface area (Å²) in [5, 5.41) is 0. The maximum Gasteiger partial charge on any atom is 0.201 e. The lowest BCUT2D eigenvalue weighted by Crippen LogP contribution is -2.09. The molecule has 0 saturated carbocycles. The van der Waals surface area contributed by atoms with Crippen molar-refractivity contribution in [3.8, 4) is 0 Å². The third kappa shape index (κ3) is 3.14. The van der Waals surface area contributed by atoms with Crippen molar-refractivity contribution < 1.29 is 4.39 Å². The first-order valence-electron chi connectivity index (χ1n) is 7.17. The van der Waals surface area contributed by atoms with Crippen molar-refractivity contribution in [3.63, 3.8) is 0 Å². The largest absolute Gasteiger partial charge is 0.369 e. The Bertz CT molecular complexity index is 594. The van der Waals surface area contributed by atoms with Gasteiger partial charge in [-0.3, -0.25) is 0 Å². The lowest BCUT2D eigenvalue weighted by atomic mass is 10.1. The minimum atomic E-state index is -0.281. The van der Waals surface area contributed by atoms with E-state index in [-0.39, 0.29) is 11.9 Å². The molecule has 0 aliphatic heterocycles. The summed E-state index contributed by atoms with van der Waals surface area (Å²) < 4.78 is 16.1. The number of nitrogen functional groups attached to an aromatic ring is 1. The molecule has 2 rings (SSSR count). The monoisotopic (exact) mass is 341 g/mol. The molecule has 0 bridgehead atoms. The number of hydrogen-bond acceptors (Lipinski definition) is 2. The van der Waals surface area contributed by atoms with Crippen LogP contribution in [0, 0.1) is 5.82 Å². The van der Waals surface area contributed by atoms with E-state index in [0.29, 0.717) is 10.4 Å². The van der Waals surface area contributed by atoms with Crippen LogP contribution in [0.2, 0.25) is 0 Å². The van der Waals surface area contributed by atoms with Gasteiger partial charge in [-0.1, -0.05) is 32.6 Å². The Morgan fingerprint density at radius 3 is 2.80 bits per heavy atom. The Hall–Kier alpha value is -1.10. The van der Waals surface area contributed by atoms with Gasteiger partial charge in [0.25, 0.3) is 0 Å². The molecule has 5 heteroatoms. The fourth-order valence-electron chi connectivity index (χ4n) is 2.57. The van der Waals surface area contributed by atoms with Crippen LogP contribution in [-0.4, -0.2) is 9.55 Å². The summed E-state index contributed by atoms with van der Waals surface area (Å²) in [5.74, 6) is 0.178. The molecule has 1 unspecified atom stereocenters. The quantitative estimate of drug-likeness (QED) is 0.747. The van der Waals surface area contributed by atoms with Crippen LogP contribution < -0.4 is 5.73 Å². The van der Waals surface area contributed by atoms with E-state index >= 15 is 0 Å². The van der Waals surface area contributed by atoms with Crippen molar-refractivity contribution in [1.29, 1.82) is 0 Å². The van der Waals surface area contributed by atoms with Crippen LogP contribution in [0.4, 0.5) is 10.3 Å². The molecule has 1 aromatic heterocycles. The van der Waals surface area contributed by atoms with Crippen LogP contribution in [0.5, 0.6) is 0 Å². The van der Waals surface area contributed by atoms with E-state index in [2.05, 4.69) is 34.8 Å². The highest BCUT2D eigenvalue weighted by molar-refractivity contribution is 9.10. The summed E-state index contributed by atoms with van der Waals surface area (Å²) in [5.41, 5.74) is 7.50. The first-order chi connectivity index (χ1) is 9.54. The van der Waals surface area contributed by atoms with Crippen molar-refractivity contribution in [2.45, 2.75) is 52.0 Å². The highest BCUT2D eigenvalue weighted by atomic mass is 79.9. The Balaban J connectivity index is 2.24. The summed E-state index contributed by atoms with van der Waals surface area (Å²) in [6, 6.07) is 3.42. The third-order valence-corrected chi connectivity index (χ3v) is 4.28. The maximum absolute atomic E-state index is 13.7. The van der Waals surface area contributed by atoms with Gasteiger partial charge in [0.2, 0.25) is 5.95 Å². The van der Waals surface area contributed by atoms with Gasteiger partial charge < -0.3 is 10.3 Å². The van der Waals surface area contributed by atoms with E-state index in [1.165, 1.54) is 25.3 Å². The molecule has 2 N–H and O–H groups in total. The van der Waals surface area contributed by atoms with Gasteiger partial charge in [-0.2, -0.15) is 0 Å². The van der Waals surface area contributed by atoms with Gasteiger partial charge in [-0.05, 0) is 35.3 Å². The van der Waals surface area contributed by atoms with Gasteiger partial charge in [0, 0.05) is 12.1 Å². The molecule has 20 heavy (non-hydrogen) atoms. The van der Waals surface area contributed by atoms with Gasteiger partial charge in [0.05, 0.1) is 15.5 Å². The second kappa shape index (κ2) is 6.57. The molecule has 0 amide bonds. The van der Waals surface area contributed by atoms with Gasteiger partial charge in [0.1, 0.15) is 5.82 Å². The highest BCUT2D eigenvalue weighted by Gasteiger charge is 2.15. The first kappa shape index (κ1) is 15.3. The van der Waals surface area contributed by atoms with E-state index in [0.717, 1.165) is 23.9 Å². The van der Waals surface area contributed by atoms with E-state index in [9.17, 15) is 4.39 Å². The minimum Gasteiger partial charge on any atom is -0.369 e. The number of rotatable bonds is 6. The van der Waals surface area contributed by atoms with Crippen LogP contribution in [0.1, 0.15) is 52.0 Å². The standard InChI is InChI=1S/C15H21BrFN3/c1-3-4-5-6-7-10(2)20-14-9-12(17)11(16)8-13(14)19-15(20)18/h8-10H,3-7H2,1-2H3,(H2,18,19). The van der Waals surface area contributed by atoms with Crippen LogP contribution >= 0.6 is 15.9 Å². The van der Waals surface area contributed by atoms with E-state index < -0.39 is 0 Å². The maximum atomic E-state index is 13.7. The number of anilines is 1. The van der Waals surface area contributed by atoms with E-state index in [1.807, 2.05) is 4.57 Å². The first-order valence-corrected chi connectivity index (χ1v) is 7.96. The molecule has 0 aliphatic carbocycles. The normalized spacial score (nSPS) is 13.0. The molecule has 0 fully saturated rings. The number of benzene rings is 1. The number of nitrogens with zero attached hydrogens (tertiary/aromatic N) is 2. The number of halogens is 2. The molecule has 1 aromatic carbocycles. The SMILES string of the molecule is CCCCCCC(C)n1c(N)nc2cc(Br)c(F)cc21. The minimum absolute atomic E-state index is 0.234. The second-order valence-electron chi connectivity index (χ2n) is 5.29. The number of aromatic nitrogens is 2. The fraction of sp³-hybridized carbons (Fsp3) is 0.533. The number of fused-ring (bicyclic) bond motifs is 1. The lowest BCUT2D eigenvalue weighted by Gasteiger charge is -2.16. The smallest absolute Gasteiger partial charge is 0.201 e. The summed E-state index contributed by atoms with van der Waals surface area (Å²) in [6.45, 7) is 4.31. The molecular weight excluding hydrogens is 321 g/mol. The Labute approximate surface area is 127 Å². The molecule has 3 nitrogen and oxygen atoms in total. The number of hydrogen-bond donors (Lipinski definition) is 1. The molecular formula is C15H21BrFN3. The molecule has 0 radical (unpaired) electrons. The lowest BCUT2D eigenvalue weighted by molar-refractivity contribution is 0.486. The topological polar surface area (TPSA) is 43.8 Å². The average Bonchev–Trinajstić information content (AvgIpc) is 2.70. The number of unbranched alkanes of at least 4 members (excludes halogenated alkanes) is 3. The zero-order valence-corrected chi connectivity index (χ0v) is 13.6. The highest BCUT2D eigenvalue weighted by Crippen LogP contribution is 2.29. The Morgan fingerprint density at radius 2 is 2.10 bits per heavy atom. The van der Waals surface area contributed by atoms with Gasteiger partial charge in [-0.15, -0.1) is 0 Å². The van der Waals surface area contributed by atoms with Crippen molar-refractivity contribution in [2.75, 3.05) is 5.73 Å². The molecule has 1 heterocycles. The van der Waals surface area contributed by atoms with Crippen LogP contribution in [0.25, 0.3) is 11.0 Å². The Morgan fingerprint density at radius 1 is 1.35 bits per heavy atom. The van der Waals surface area contributed by atoms with Crippen LogP contribution in [-0.2, 0) is 0 Å². The molecule has 0 aliphatic rings. The summed E-state index contributed by atoms with van der Waals surface area (Å²) >= 11 is 3.18. The molecule has 0 spiro atoms. The van der Waals surface area contributed by atoms with Gasteiger partial charge >= 0.3 is 0 Å². The van der Waals surface area contributed by atoms with Crippen LogP contribution in [0.15, 0.2) is 16.6 Å². The third-order valence-electron chi connectivity index (χ3n) is 3.68. The molecule has 1 atom stereocenters. The zero-order chi connectivity index (χ0) is 14.7. The fourth-order valence-corrected chi connectivity index (χ4v) is 2.90. The Kier molecular flexibility index (Phi) is 5.02. The predicted octanol–water partition coefficient (Wildman–Crippen LogP) is 5.05. The van der Waals surface area contributed by atoms with Gasteiger partial charge in [0.15, 0.2) is 0 Å². The van der Waals surface area contributed by atoms with Crippen LogP contribution in [0.3, 0.4) is 0 Å².